The Hall–Kier alpha value is -2.10. The second kappa shape index (κ2) is 6.18. The summed E-state index contributed by atoms with van der Waals surface area (Å²) in [6.45, 7) is 7.15. The average molecular weight is 261 g/mol. The molecule has 2 rings (SSSR count). The first-order valence-electron chi connectivity index (χ1n) is 6.33. The van der Waals surface area contributed by atoms with Crippen LogP contribution in [0.15, 0.2) is 24.3 Å². The van der Waals surface area contributed by atoms with Crippen LogP contribution in [0.25, 0.3) is 10.9 Å². The third kappa shape index (κ3) is 2.84. The summed E-state index contributed by atoms with van der Waals surface area (Å²) in [6, 6.07) is 7.36. The number of carboxylic acid groups (broad SMARTS) is 1. The molecule has 1 aromatic heterocycles. The molecule has 0 aliphatic heterocycles. The Morgan fingerprint density at radius 2 is 1.79 bits per heavy atom. The Morgan fingerprint density at radius 1 is 1.21 bits per heavy atom. The van der Waals surface area contributed by atoms with E-state index in [4.69, 9.17) is 5.11 Å². The molecule has 0 bridgehead atoms. The Balaban J connectivity index is 0.000000861. The van der Waals surface area contributed by atoms with Crippen molar-refractivity contribution < 1.29 is 14.7 Å². The summed E-state index contributed by atoms with van der Waals surface area (Å²) < 4.78 is 1.66. The zero-order chi connectivity index (χ0) is 14.6. The third-order valence-electron chi connectivity index (χ3n) is 2.88. The second-order valence-corrected chi connectivity index (χ2v) is 4.01. The fourth-order valence-corrected chi connectivity index (χ4v) is 2.21. The van der Waals surface area contributed by atoms with Crippen molar-refractivity contribution >= 4 is 22.7 Å². The summed E-state index contributed by atoms with van der Waals surface area (Å²) >= 11 is 0. The molecule has 0 saturated heterocycles. The van der Waals surface area contributed by atoms with E-state index in [9.17, 15) is 9.59 Å². The van der Waals surface area contributed by atoms with Gasteiger partial charge in [0.1, 0.15) is 6.54 Å². The van der Waals surface area contributed by atoms with Crippen LogP contribution >= 0.6 is 0 Å². The number of carbonyl (C=O) groups excluding carboxylic acids is 1. The highest BCUT2D eigenvalue weighted by Gasteiger charge is 2.17. The van der Waals surface area contributed by atoms with Crippen molar-refractivity contribution in [2.75, 3.05) is 0 Å². The van der Waals surface area contributed by atoms with E-state index in [-0.39, 0.29) is 12.3 Å². The van der Waals surface area contributed by atoms with Gasteiger partial charge >= 0.3 is 5.97 Å². The number of nitrogens with zero attached hydrogens (tertiary/aromatic N) is 1. The van der Waals surface area contributed by atoms with E-state index in [1.807, 2.05) is 38.1 Å². The lowest BCUT2D eigenvalue weighted by Crippen LogP contribution is -2.10. The molecule has 2 aromatic rings. The van der Waals surface area contributed by atoms with Crippen molar-refractivity contribution in [1.82, 2.24) is 4.57 Å². The number of carbonyl (C=O) groups is 2. The Morgan fingerprint density at radius 3 is 2.32 bits per heavy atom. The predicted octanol–water partition coefficient (Wildman–Crippen LogP) is 3.26. The van der Waals surface area contributed by atoms with Gasteiger partial charge in [0, 0.05) is 22.2 Å². The van der Waals surface area contributed by atoms with Gasteiger partial charge in [0.05, 0.1) is 0 Å². The maximum atomic E-state index is 11.6. The van der Waals surface area contributed by atoms with Crippen LogP contribution in [0.2, 0.25) is 0 Å². The number of fused-ring (bicyclic) bond motifs is 1. The molecule has 0 aliphatic carbocycles. The Bertz CT molecular complexity index is 611. The molecule has 0 amide bonds. The minimum absolute atomic E-state index is 0.0390. The lowest BCUT2D eigenvalue weighted by atomic mass is 10.1. The van der Waals surface area contributed by atoms with Crippen LogP contribution in [0, 0.1) is 6.92 Å². The number of hydrogen-bond donors (Lipinski definition) is 1. The van der Waals surface area contributed by atoms with Gasteiger partial charge in [-0.3, -0.25) is 9.59 Å². The van der Waals surface area contributed by atoms with Crippen LogP contribution in [0.1, 0.15) is 36.8 Å². The van der Waals surface area contributed by atoms with Gasteiger partial charge in [-0.1, -0.05) is 32.0 Å². The number of aromatic nitrogens is 1. The average Bonchev–Trinajstić information content (AvgIpc) is 2.65. The fraction of sp³-hybridized carbons (Fsp3) is 0.333. The van der Waals surface area contributed by atoms with Gasteiger partial charge in [0.2, 0.25) is 0 Å². The minimum atomic E-state index is -0.913. The zero-order valence-electron chi connectivity index (χ0n) is 11.7. The normalized spacial score (nSPS) is 9.89. The van der Waals surface area contributed by atoms with Gasteiger partial charge < -0.3 is 9.67 Å². The molecule has 1 aromatic carbocycles. The highest BCUT2D eigenvalue weighted by Crippen LogP contribution is 2.26. The molecular formula is C15H19NO3. The summed E-state index contributed by atoms with van der Waals surface area (Å²) in [5.74, 6) is -0.952. The number of hydrogen-bond acceptors (Lipinski definition) is 2. The number of ketones is 1. The monoisotopic (exact) mass is 261 g/mol. The molecule has 0 atom stereocenters. The van der Waals surface area contributed by atoms with E-state index in [2.05, 4.69) is 0 Å². The molecule has 0 radical (unpaired) electrons. The first kappa shape index (κ1) is 15.0. The quantitative estimate of drug-likeness (QED) is 0.863. The van der Waals surface area contributed by atoms with Crippen molar-refractivity contribution in [2.45, 2.75) is 34.2 Å². The third-order valence-corrected chi connectivity index (χ3v) is 2.88. The predicted molar refractivity (Wildman–Crippen MR) is 75.7 cm³/mol. The highest BCUT2D eigenvalue weighted by atomic mass is 16.4. The molecule has 102 valence electrons. The van der Waals surface area contributed by atoms with Crippen LogP contribution in [-0.4, -0.2) is 21.4 Å². The molecule has 0 spiro atoms. The fourth-order valence-electron chi connectivity index (χ4n) is 2.21. The van der Waals surface area contributed by atoms with Gasteiger partial charge in [-0.2, -0.15) is 0 Å². The van der Waals surface area contributed by atoms with E-state index in [0.717, 1.165) is 10.9 Å². The SMILES string of the molecule is CC.CC(=O)c1c(C)n(CC(=O)O)c2ccccc12. The summed E-state index contributed by atoms with van der Waals surface area (Å²) in [4.78, 5) is 22.5. The number of rotatable bonds is 3. The smallest absolute Gasteiger partial charge is 0.323 e. The summed E-state index contributed by atoms with van der Waals surface area (Å²) in [5, 5.41) is 9.71. The molecule has 1 N–H and O–H groups in total. The molecule has 0 unspecified atom stereocenters. The zero-order valence-corrected chi connectivity index (χ0v) is 11.7. The van der Waals surface area contributed by atoms with Crippen molar-refractivity contribution in [3.05, 3.63) is 35.5 Å². The maximum Gasteiger partial charge on any atom is 0.323 e. The first-order valence-corrected chi connectivity index (χ1v) is 6.33. The van der Waals surface area contributed by atoms with Crippen molar-refractivity contribution in [2.24, 2.45) is 0 Å². The van der Waals surface area contributed by atoms with E-state index < -0.39 is 5.97 Å². The summed E-state index contributed by atoms with van der Waals surface area (Å²) in [7, 11) is 0. The standard InChI is InChI=1S/C13H13NO3.C2H6/c1-8-13(9(2)15)10-5-3-4-6-11(10)14(8)7-12(16)17;1-2/h3-6H,7H2,1-2H3,(H,16,17);1-2H3. The van der Waals surface area contributed by atoms with Gasteiger partial charge in [-0.25, -0.2) is 0 Å². The second-order valence-electron chi connectivity index (χ2n) is 4.01. The van der Waals surface area contributed by atoms with Crippen LogP contribution in [0.4, 0.5) is 0 Å². The Kier molecular flexibility index (Phi) is 4.87. The summed E-state index contributed by atoms with van der Waals surface area (Å²) in [6.07, 6.45) is 0. The topological polar surface area (TPSA) is 59.3 Å². The molecule has 0 aliphatic rings. The number of aliphatic carboxylic acids is 1. The lowest BCUT2D eigenvalue weighted by molar-refractivity contribution is -0.137. The van der Waals surface area contributed by atoms with Gasteiger partial charge in [-0.15, -0.1) is 0 Å². The summed E-state index contributed by atoms with van der Waals surface area (Å²) in [5.41, 5.74) is 2.11. The number of Topliss-reactive ketones (excluding diaryl/α,β-unsaturated/α-hetero) is 1. The largest absolute Gasteiger partial charge is 0.480 e. The molecule has 1 heterocycles. The van der Waals surface area contributed by atoms with E-state index in [0.29, 0.717) is 11.3 Å². The van der Waals surface area contributed by atoms with E-state index >= 15 is 0 Å². The molecule has 4 heteroatoms. The molecule has 0 fully saturated rings. The van der Waals surface area contributed by atoms with Crippen LogP contribution in [-0.2, 0) is 11.3 Å². The minimum Gasteiger partial charge on any atom is -0.480 e. The van der Waals surface area contributed by atoms with Gasteiger partial charge in [0.25, 0.3) is 0 Å². The van der Waals surface area contributed by atoms with E-state index in [1.165, 1.54) is 6.92 Å². The van der Waals surface area contributed by atoms with Crippen molar-refractivity contribution in [3.63, 3.8) is 0 Å². The highest BCUT2D eigenvalue weighted by molar-refractivity contribution is 6.08. The molecule has 0 saturated carbocycles. The Labute approximate surface area is 112 Å². The van der Waals surface area contributed by atoms with Crippen molar-refractivity contribution in [3.8, 4) is 0 Å². The molecular weight excluding hydrogens is 242 g/mol. The lowest BCUT2D eigenvalue weighted by Gasteiger charge is -2.04. The first-order chi connectivity index (χ1) is 9.02. The molecule has 4 nitrogen and oxygen atoms in total. The number of para-hydroxylation sites is 1. The number of carboxylic acids is 1. The van der Waals surface area contributed by atoms with Gasteiger partial charge in [0.15, 0.2) is 5.78 Å². The van der Waals surface area contributed by atoms with Crippen LogP contribution in [0.5, 0.6) is 0 Å². The van der Waals surface area contributed by atoms with Gasteiger partial charge in [-0.05, 0) is 19.9 Å². The maximum absolute atomic E-state index is 11.6. The number of benzene rings is 1. The van der Waals surface area contributed by atoms with Crippen LogP contribution in [0.3, 0.4) is 0 Å². The van der Waals surface area contributed by atoms with E-state index in [1.54, 1.807) is 11.5 Å². The van der Waals surface area contributed by atoms with Crippen LogP contribution < -0.4 is 0 Å². The van der Waals surface area contributed by atoms with Crippen molar-refractivity contribution in [1.29, 1.82) is 0 Å². The molecule has 19 heavy (non-hydrogen) atoms.